The van der Waals surface area contributed by atoms with E-state index in [-0.39, 0.29) is 11.7 Å². The van der Waals surface area contributed by atoms with Crippen LogP contribution in [0.25, 0.3) is 10.9 Å². The van der Waals surface area contributed by atoms with Crippen molar-refractivity contribution in [2.24, 2.45) is 0 Å². The molecule has 0 atom stereocenters. The molecule has 0 aliphatic heterocycles. The Bertz CT molecular complexity index is 893. The predicted octanol–water partition coefficient (Wildman–Crippen LogP) is 4.14. The minimum atomic E-state index is -3.44. The summed E-state index contributed by atoms with van der Waals surface area (Å²) in [4.78, 5) is 0. The van der Waals surface area contributed by atoms with Crippen molar-refractivity contribution in [3.05, 3.63) is 71.9 Å². The molecular weight excluding hydrogens is 294 g/mol. The summed E-state index contributed by atoms with van der Waals surface area (Å²) in [6, 6.07) is 17.0. The molecule has 1 aromatic heterocycles. The van der Waals surface area contributed by atoms with E-state index in [1.807, 2.05) is 54.6 Å². The third kappa shape index (κ3) is 2.66. The second kappa shape index (κ2) is 5.61. The fourth-order valence-corrected chi connectivity index (χ4v) is 4.21. The molecule has 114 valence electrons. The Morgan fingerprint density at radius 3 is 2.27 bits per heavy atom. The molecule has 3 aromatic rings. The van der Waals surface area contributed by atoms with Crippen LogP contribution in [-0.2, 0) is 15.8 Å². The van der Waals surface area contributed by atoms with Gasteiger partial charge in [0, 0.05) is 11.6 Å². The van der Waals surface area contributed by atoms with Crippen LogP contribution < -0.4 is 0 Å². The number of nitrogens with zero attached hydrogens (tertiary/aromatic N) is 1. The van der Waals surface area contributed by atoms with Crippen molar-refractivity contribution in [1.82, 2.24) is 3.97 Å². The number of aromatic nitrogens is 1. The topological polar surface area (TPSA) is 39.1 Å². The van der Waals surface area contributed by atoms with Gasteiger partial charge in [0.1, 0.15) is 0 Å². The van der Waals surface area contributed by atoms with Crippen LogP contribution in [-0.4, -0.2) is 12.4 Å². The summed E-state index contributed by atoms with van der Waals surface area (Å²) in [7, 11) is -3.44. The molecule has 0 unspecified atom stereocenters. The van der Waals surface area contributed by atoms with Gasteiger partial charge in [0.15, 0.2) is 0 Å². The van der Waals surface area contributed by atoms with Crippen molar-refractivity contribution >= 4 is 20.9 Å². The zero-order valence-corrected chi connectivity index (χ0v) is 13.5. The predicted molar refractivity (Wildman–Crippen MR) is 90.5 cm³/mol. The first-order valence-electron chi connectivity index (χ1n) is 7.36. The Balaban J connectivity index is 2.13. The molecule has 1 heterocycles. The Labute approximate surface area is 131 Å². The fourth-order valence-electron chi connectivity index (χ4n) is 2.72. The van der Waals surface area contributed by atoms with Crippen LogP contribution in [0, 0.1) is 0 Å². The highest BCUT2D eigenvalue weighted by Gasteiger charge is 2.20. The smallest absolute Gasteiger partial charge is 0.243 e. The van der Waals surface area contributed by atoms with E-state index in [0.29, 0.717) is 0 Å². The van der Waals surface area contributed by atoms with Gasteiger partial charge in [0.05, 0.1) is 11.3 Å². The quantitative estimate of drug-likeness (QED) is 0.726. The lowest BCUT2D eigenvalue weighted by Gasteiger charge is -2.07. The Hall–Kier alpha value is -2.07. The normalized spacial score (nSPS) is 12.1. The van der Waals surface area contributed by atoms with Crippen LogP contribution >= 0.6 is 0 Å². The molecule has 0 saturated carbocycles. The molecule has 0 bridgehead atoms. The van der Waals surface area contributed by atoms with E-state index in [1.165, 1.54) is 3.97 Å². The van der Waals surface area contributed by atoms with Gasteiger partial charge < -0.3 is 0 Å². The number of benzene rings is 2. The number of para-hydroxylation sites is 1. The summed E-state index contributed by atoms with van der Waals surface area (Å²) in [5, 5.41) is 1.01. The van der Waals surface area contributed by atoms with E-state index >= 15 is 0 Å². The van der Waals surface area contributed by atoms with Gasteiger partial charge in [-0.2, -0.15) is 0 Å². The van der Waals surface area contributed by atoms with E-state index < -0.39 is 10.0 Å². The molecule has 0 N–H and O–H groups in total. The third-order valence-electron chi connectivity index (χ3n) is 3.82. The molecule has 0 aliphatic rings. The molecule has 2 aromatic carbocycles. The van der Waals surface area contributed by atoms with Gasteiger partial charge in [-0.15, -0.1) is 0 Å². The van der Waals surface area contributed by atoms with Crippen LogP contribution in [0.4, 0.5) is 0 Å². The van der Waals surface area contributed by atoms with Gasteiger partial charge in [0.25, 0.3) is 0 Å². The van der Waals surface area contributed by atoms with Crippen LogP contribution in [0.1, 0.15) is 30.9 Å². The molecule has 4 heteroatoms. The van der Waals surface area contributed by atoms with E-state index in [9.17, 15) is 8.42 Å². The highest BCUT2D eigenvalue weighted by Crippen LogP contribution is 2.29. The second-order valence-corrected chi connectivity index (χ2v) is 7.64. The van der Waals surface area contributed by atoms with Gasteiger partial charge in [-0.1, -0.05) is 62.4 Å². The lowest BCUT2D eigenvalue weighted by molar-refractivity contribution is 0.588. The SMILES string of the molecule is CC(C)c1cn(S(=O)(=O)Cc2ccccc2)c2ccccc12. The van der Waals surface area contributed by atoms with E-state index in [0.717, 1.165) is 22.0 Å². The van der Waals surface area contributed by atoms with Crippen molar-refractivity contribution in [3.63, 3.8) is 0 Å². The van der Waals surface area contributed by atoms with E-state index in [2.05, 4.69) is 13.8 Å². The summed E-state index contributed by atoms with van der Waals surface area (Å²) in [6.07, 6.45) is 1.77. The third-order valence-corrected chi connectivity index (χ3v) is 5.42. The molecule has 0 radical (unpaired) electrons. The molecule has 22 heavy (non-hydrogen) atoms. The average Bonchev–Trinajstić information content (AvgIpc) is 2.88. The molecule has 0 fully saturated rings. The Kier molecular flexibility index (Phi) is 3.79. The summed E-state index contributed by atoms with van der Waals surface area (Å²) in [6.45, 7) is 4.16. The Morgan fingerprint density at radius 2 is 1.59 bits per heavy atom. The maximum atomic E-state index is 12.8. The number of hydrogen-bond acceptors (Lipinski definition) is 2. The summed E-state index contributed by atoms with van der Waals surface area (Å²) in [5.74, 6) is 0.280. The molecule has 0 amide bonds. The molecule has 3 rings (SSSR count). The number of rotatable bonds is 4. The van der Waals surface area contributed by atoms with Gasteiger partial charge in [-0.05, 0) is 23.1 Å². The van der Waals surface area contributed by atoms with Crippen LogP contribution in [0.3, 0.4) is 0 Å². The first-order chi connectivity index (χ1) is 10.5. The lowest BCUT2D eigenvalue weighted by Crippen LogP contribution is -2.14. The first kappa shape index (κ1) is 14.9. The lowest BCUT2D eigenvalue weighted by atomic mass is 10.0. The molecule has 0 spiro atoms. The van der Waals surface area contributed by atoms with Crippen LogP contribution in [0.5, 0.6) is 0 Å². The van der Waals surface area contributed by atoms with Crippen molar-refractivity contribution in [2.75, 3.05) is 0 Å². The average molecular weight is 313 g/mol. The first-order valence-corrected chi connectivity index (χ1v) is 8.97. The van der Waals surface area contributed by atoms with E-state index in [4.69, 9.17) is 0 Å². The van der Waals surface area contributed by atoms with Crippen molar-refractivity contribution in [3.8, 4) is 0 Å². The van der Waals surface area contributed by atoms with Crippen LogP contribution in [0.15, 0.2) is 60.8 Å². The standard InChI is InChI=1S/C18H19NO2S/c1-14(2)17-12-19(18-11-7-6-10-16(17)18)22(20,21)13-15-8-4-3-5-9-15/h3-12,14H,13H2,1-2H3. The van der Waals surface area contributed by atoms with Gasteiger partial charge in [-0.3, -0.25) is 0 Å². The van der Waals surface area contributed by atoms with Gasteiger partial charge in [-0.25, -0.2) is 12.4 Å². The monoisotopic (exact) mass is 313 g/mol. The minimum Gasteiger partial charge on any atom is -0.244 e. The fraction of sp³-hybridized carbons (Fsp3) is 0.222. The van der Waals surface area contributed by atoms with Gasteiger partial charge in [0.2, 0.25) is 10.0 Å². The summed E-state index contributed by atoms with van der Waals surface area (Å²) < 4.78 is 27.1. The Morgan fingerprint density at radius 1 is 0.955 bits per heavy atom. The molecule has 3 nitrogen and oxygen atoms in total. The molecule has 0 aliphatic carbocycles. The van der Waals surface area contributed by atoms with E-state index in [1.54, 1.807) is 6.20 Å². The minimum absolute atomic E-state index is 0.00402. The highest BCUT2D eigenvalue weighted by molar-refractivity contribution is 7.89. The zero-order valence-electron chi connectivity index (χ0n) is 12.7. The number of hydrogen-bond donors (Lipinski definition) is 0. The summed E-state index contributed by atoms with van der Waals surface area (Å²) in [5.41, 5.74) is 2.61. The zero-order chi connectivity index (χ0) is 15.7. The highest BCUT2D eigenvalue weighted by atomic mass is 32.2. The van der Waals surface area contributed by atoms with Crippen molar-refractivity contribution < 1.29 is 8.42 Å². The second-order valence-electron chi connectivity index (χ2n) is 5.79. The van der Waals surface area contributed by atoms with Crippen molar-refractivity contribution in [1.29, 1.82) is 0 Å². The molecular formula is C18H19NO2S. The largest absolute Gasteiger partial charge is 0.244 e. The van der Waals surface area contributed by atoms with Crippen molar-refractivity contribution in [2.45, 2.75) is 25.5 Å². The van der Waals surface area contributed by atoms with Crippen LogP contribution in [0.2, 0.25) is 0 Å². The number of fused-ring (bicyclic) bond motifs is 1. The molecule has 0 saturated heterocycles. The van der Waals surface area contributed by atoms with Gasteiger partial charge >= 0.3 is 0 Å². The summed E-state index contributed by atoms with van der Waals surface area (Å²) >= 11 is 0. The maximum Gasteiger partial charge on any atom is 0.243 e. The maximum absolute atomic E-state index is 12.8.